The van der Waals surface area contributed by atoms with Crippen LogP contribution in [0.4, 0.5) is 0 Å². The molecular formula is C20H28N4O8. The molecular weight excluding hydrogens is 424 g/mol. The summed E-state index contributed by atoms with van der Waals surface area (Å²) in [5.74, 6) is -5.01. The molecule has 12 heteroatoms. The first kappa shape index (κ1) is 26.5. The molecule has 0 saturated heterocycles. The molecule has 1 rings (SSSR count). The Balaban J connectivity index is 3.04. The summed E-state index contributed by atoms with van der Waals surface area (Å²) in [6, 6.07) is 3.53. The van der Waals surface area contributed by atoms with E-state index in [1.165, 1.54) is 6.92 Å². The van der Waals surface area contributed by atoms with Gasteiger partial charge in [-0.05, 0) is 18.9 Å². The zero-order chi connectivity index (χ0) is 24.3. The Morgan fingerprint density at radius 2 is 1.47 bits per heavy atom. The van der Waals surface area contributed by atoms with E-state index in [1.54, 1.807) is 30.3 Å². The van der Waals surface area contributed by atoms with Gasteiger partial charge in [0.1, 0.15) is 24.2 Å². The lowest BCUT2D eigenvalue weighted by atomic mass is 10.0. The molecule has 0 spiro atoms. The highest BCUT2D eigenvalue weighted by molar-refractivity contribution is 5.94. The molecule has 0 aliphatic rings. The Morgan fingerprint density at radius 1 is 0.906 bits per heavy atom. The molecule has 1 aromatic carbocycles. The van der Waals surface area contributed by atoms with E-state index < -0.39 is 66.9 Å². The van der Waals surface area contributed by atoms with Crippen molar-refractivity contribution in [1.82, 2.24) is 16.0 Å². The summed E-state index contributed by atoms with van der Waals surface area (Å²) in [5.41, 5.74) is 6.17. The van der Waals surface area contributed by atoms with Crippen LogP contribution in [0.1, 0.15) is 25.3 Å². The summed E-state index contributed by atoms with van der Waals surface area (Å²) < 4.78 is 0. The van der Waals surface area contributed by atoms with Crippen molar-refractivity contribution >= 4 is 29.7 Å². The summed E-state index contributed by atoms with van der Waals surface area (Å²) in [6.07, 6.45) is -0.748. The largest absolute Gasteiger partial charge is 0.481 e. The van der Waals surface area contributed by atoms with Crippen LogP contribution in [0.25, 0.3) is 0 Å². The summed E-state index contributed by atoms with van der Waals surface area (Å²) >= 11 is 0. The molecule has 0 aromatic heterocycles. The number of aliphatic hydroxyl groups excluding tert-OH is 1. The first-order valence-electron chi connectivity index (χ1n) is 9.81. The second-order valence-electron chi connectivity index (χ2n) is 7.10. The van der Waals surface area contributed by atoms with E-state index in [0.29, 0.717) is 5.56 Å². The first-order chi connectivity index (χ1) is 15.0. The molecule has 1 aromatic rings. The topological polar surface area (TPSA) is 208 Å². The van der Waals surface area contributed by atoms with E-state index >= 15 is 0 Å². The molecule has 0 bridgehead atoms. The molecule has 0 aliphatic carbocycles. The Morgan fingerprint density at radius 3 is 2.00 bits per heavy atom. The Bertz CT molecular complexity index is 817. The van der Waals surface area contributed by atoms with Crippen LogP contribution in [0.5, 0.6) is 0 Å². The third-order valence-electron chi connectivity index (χ3n) is 4.46. The number of aliphatic hydroxyl groups is 1. The molecule has 4 atom stereocenters. The third-order valence-corrected chi connectivity index (χ3v) is 4.46. The van der Waals surface area contributed by atoms with Crippen molar-refractivity contribution < 1.29 is 39.3 Å². The van der Waals surface area contributed by atoms with Crippen molar-refractivity contribution in [2.45, 2.75) is 50.4 Å². The number of carbonyl (C=O) groups is 5. The number of carboxylic acid groups (broad SMARTS) is 2. The molecule has 4 unspecified atom stereocenters. The van der Waals surface area contributed by atoms with E-state index in [4.69, 9.17) is 21.1 Å². The number of amides is 3. The van der Waals surface area contributed by atoms with E-state index in [2.05, 4.69) is 16.0 Å². The summed E-state index contributed by atoms with van der Waals surface area (Å²) in [4.78, 5) is 59.4. The van der Waals surface area contributed by atoms with Crippen LogP contribution in [0.15, 0.2) is 30.3 Å². The fraction of sp³-hybridized carbons (Fsp3) is 0.450. The molecule has 0 fully saturated rings. The van der Waals surface area contributed by atoms with Crippen molar-refractivity contribution in [3.8, 4) is 0 Å². The standard InChI is InChI=1S/C20H28N4O8/c1-11(20(31)32)22-18(29)14(7-8-16(26)27)23-19(30)15(24-17(28)13(21)10-25)9-12-5-3-2-4-6-12/h2-6,11,13-15,25H,7-10,21H2,1H3,(H,22,29)(H,23,30)(H,24,28)(H,26,27)(H,31,32). The summed E-state index contributed by atoms with van der Waals surface area (Å²) in [6.45, 7) is 0.563. The molecule has 32 heavy (non-hydrogen) atoms. The van der Waals surface area contributed by atoms with Gasteiger partial charge >= 0.3 is 11.9 Å². The quantitative estimate of drug-likeness (QED) is 0.176. The highest BCUT2D eigenvalue weighted by Gasteiger charge is 2.29. The van der Waals surface area contributed by atoms with Crippen LogP contribution < -0.4 is 21.7 Å². The molecule has 8 N–H and O–H groups in total. The predicted molar refractivity (Wildman–Crippen MR) is 111 cm³/mol. The number of rotatable bonds is 13. The van der Waals surface area contributed by atoms with Crippen LogP contribution in [-0.2, 0) is 30.4 Å². The van der Waals surface area contributed by atoms with Gasteiger partial charge in [0.05, 0.1) is 6.61 Å². The van der Waals surface area contributed by atoms with Crippen molar-refractivity contribution in [1.29, 1.82) is 0 Å². The SMILES string of the molecule is CC(NC(=O)C(CCC(=O)O)NC(=O)C(Cc1ccccc1)NC(=O)C(N)CO)C(=O)O. The van der Waals surface area contributed by atoms with Crippen LogP contribution >= 0.6 is 0 Å². The Hall–Kier alpha value is -3.51. The number of nitrogens with one attached hydrogen (secondary N) is 3. The molecule has 176 valence electrons. The molecule has 0 heterocycles. The average molecular weight is 452 g/mol. The monoisotopic (exact) mass is 452 g/mol. The van der Waals surface area contributed by atoms with Crippen LogP contribution in [0, 0.1) is 0 Å². The van der Waals surface area contributed by atoms with Gasteiger partial charge in [0.15, 0.2) is 0 Å². The van der Waals surface area contributed by atoms with Gasteiger partial charge in [0.25, 0.3) is 0 Å². The van der Waals surface area contributed by atoms with Crippen molar-refractivity contribution in [3.63, 3.8) is 0 Å². The number of aliphatic carboxylic acids is 2. The molecule has 3 amide bonds. The number of hydrogen-bond donors (Lipinski definition) is 7. The van der Waals surface area contributed by atoms with E-state index in [-0.39, 0.29) is 12.8 Å². The van der Waals surface area contributed by atoms with Crippen LogP contribution in [0.2, 0.25) is 0 Å². The second kappa shape index (κ2) is 13.0. The molecule has 0 radical (unpaired) electrons. The van der Waals surface area contributed by atoms with Gasteiger partial charge in [0, 0.05) is 12.8 Å². The third kappa shape index (κ3) is 9.10. The maximum atomic E-state index is 12.9. The maximum absolute atomic E-state index is 12.9. The van der Waals surface area contributed by atoms with Gasteiger partial charge in [-0.2, -0.15) is 0 Å². The lowest BCUT2D eigenvalue weighted by Crippen LogP contribution is -2.57. The number of benzene rings is 1. The van der Waals surface area contributed by atoms with Gasteiger partial charge in [-0.15, -0.1) is 0 Å². The lowest BCUT2D eigenvalue weighted by Gasteiger charge is -2.24. The van der Waals surface area contributed by atoms with Crippen LogP contribution in [0.3, 0.4) is 0 Å². The second-order valence-corrected chi connectivity index (χ2v) is 7.10. The van der Waals surface area contributed by atoms with Crippen molar-refractivity contribution in [2.75, 3.05) is 6.61 Å². The highest BCUT2D eigenvalue weighted by Crippen LogP contribution is 2.06. The van der Waals surface area contributed by atoms with E-state index in [1.807, 2.05) is 0 Å². The van der Waals surface area contributed by atoms with E-state index in [0.717, 1.165) is 0 Å². The van der Waals surface area contributed by atoms with Gasteiger partial charge in [0.2, 0.25) is 17.7 Å². The van der Waals surface area contributed by atoms with Crippen molar-refractivity contribution in [2.24, 2.45) is 5.73 Å². The molecule has 0 saturated carbocycles. The maximum Gasteiger partial charge on any atom is 0.325 e. The highest BCUT2D eigenvalue weighted by atomic mass is 16.4. The zero-order valence-electron chi connectivity index (χ0n) is 17.5. The number of carboxylic acids is 2. The minimum atomic E-state index is -1.36. The number of carbonyl (C=O) groups excluding carboxylic acids is 3. The van der Waals surface area contributed by atoms with Crippen LogP contribution in [-0.4, -0.2) is 75.8 Å². The fourth-order valence-corrected chi connectivity index (χ4v) is 2.61. The Labute approximate surface area is 184 Å². The smallest absolute Gasteiger partial charge is 0.325 e. The van der Waals surface area contributed by atoms with Gasteiger partial charge in [-0.1, -0.05) is 30.3 Å². The lowest BCUT2D eigenvalue weighted by molar-refractivity contribution is -0.142. The summed E-state index contributed by atoms with van der Waals surface area (Å²) in [7, 11) is 0. The normalized spacial score (nSPS) is 14.3. The van der Waals surface area contributed by atoms with Gasteiger partial charge in [-0.3, -0.25) is 24.0 Å². The van der Waals surface area contributed by atoms with E-state index in [9.17, 15) is 24.0 Å². The summed E-state index contributed by atoms with van der Waals surface area (Å²) in [5, 5.41) is 33.9. The fourth-order valence-electron chi connectivity index (χ4n) is 2.61. The predicted octanol–water partition coefficient (Wildman–Crippen LogP) is -2.03. The van der Waals surface area contributed by atoms with Crippen molar-refractivity contribution in [3.05, 3.63) is 35.9 Å². The molecule has 0 aliphatic heterocycles. The zero-order valence-corrected chi connectivity index (χ0v) is 17.5. The average Bonchev–Trinajstić information content (AvgIpc) is 2.75. The van der Waals surface area contributed by atoms with Gasteiger partial charge < -0.3 is 37.0 Å². The molecule has 12 nitrogen and oxygen atoms in total. The minimum Gasteiger partial charge on any atom is -0.481 e. The number of nitrogens with two attached hydrogens (primary N) is 1. The Kier molecular flexibility index (Phi) is 10.8. The first-order valence-corrected chi connectivity index (χ1v) is 9.81. The van der Waals surface area contributed by atoms with Gasteiger partial charge in [-0.25, -0.2) is 0 Å². The number of hydrogen-bond acceptors (Lipinski definition) is 7. The minimum absolute atomic E-state index is 0.0232.